The molecule has 82 valence electrons. The molecule has 0 fully saturated rings. The highest BCUT2D eigenvalue weighted by Crippen LogP contribution is 2.30. The normalized spacial score (nSPS) is 11.5. The Morgan fingerprint density at radius 2 is 2.00 bits per heavy atom. The Morgan fingerprint density at radius 3 is 2.47 bits per heavy atom. The van der Waals surface area contributed by atoms with E-state index in [9.17, 15) is 13.6 Å². The lowest BCUT2D eigenvalue weighted by Crippen LogP contribution is -2.12. The molecule has 15 heavy (non-hydrogen) atoms. The fraction of sp³-hybridized carbons (Fsp3) is 0.417. The number of hydrogen-bond donors (Lipinski definition) is 0. The molecule has 1 rings (SSSR count). The van der Waals surface area contributed by atoms with Crippen LogP contribution in [0.25, 0.3) is 0 Å². The highest BCUT2D eigenvalue weighted by Gasteiger charge is 2.27. The van der Waals surface area contributed by atoms with Gasteiger partial charge in [-0.15, -0.1) is 0 Å². The smallest absolute Gasteiger partial charge is 0.270 e. The molecule has 0 aliphatic heterocycles. The van der Waals surface area contributed by atoms with Crippen molar-refractivity contribution in [3.8, 4) is 0 Å². The predicted octanol–water partition coefficient (Wildman–Crippen LogP) is 3.24. The minimum atomic E-state index is -2.89. The van der Waals surface area contributed by atoms with Gasteiger partial charge in [-0.1, -0.05) is 23.8 Å². The molecule has 0 amide bonds. The largest absolute Gasteiger partial charge is 0.300 e. The third-order valence-corrected chi connectivity index (χ3v) is 2.17. The quantitative estimate of drug-likeness (QED) is 0.751. The zero-order valence-electron chi connectivity index (χ0n) is 9.10. The summed E-state index contributed by atoms with van der Waals surface area (Å²) in [5, 5.41) is 0. The number of benzene rings is 1. The molecule has 0 aromatic heterocycles. The van der Waals surface area contributed by atoms with Crippen molar-refractivity contribution in [2.24, 2.45) is 0 Å². The lowest BCUT2D eigenvalue weighted by Gasteiger charge is -2.15. The van der Waals surface area contributed by atoms with Crippen molar-refractivity contribution >= 4 is 5.78 Å². The first kappa shape index (κ1) is 11.8. The van der Waals surface area contributed by atoms with Gasteiger partial charge >= 0.3 is 0 Å². The van der Waals surface area contributed by atoms with E-state index in [0.29, 0.717) is 5.56 Å². The maximum absolute atomic E-state index is 13.2. The molecule has 0 spiro atoms. The molecule has 0 N–H and O–H groups in total. The van der Waals surface area contributed by atoms with Crippen molar-refractivity contribution < 1.29 is 13.6 Å². The van der Waals surface area contributed by atoms with Crippen LogP contribution in [-0.4, -0.2) is 5.78 Å². The first-order valence-corrected chi connectivity index (χ1v) is 4.78. The van der Waals surface area contributed by atoms with Gasteiger partial charge in [0.15, 0.2) is 0 Å². The molecule has 1 nitrogen and oxygen atoms in total. The van der Waals surface area contributed by atoms with Crippen LogP contribution in [0.4, 0.5) is 8.78 Å². The minimum Gasteiger partial charge on any atom is -0.300 e. The van der Waals surface area contributed by atoms with Crippen LogP contribution in [0.5, 0.6) is 0 Å². The van der Waals surface area contributed by atoms with Gasteiger partial charge in [-0.05, 0) is 19.4 Å². The molecule has 0 saturated carbocycles. The SMILES string of the molecule is CC(=O)Cc1cc(C)ccc1C(C)(F)F. The molecule has 1 aromatic rings. The monoisotopic (exact) mass is 212 g/mol. The highest BCUT2D eigenvalue weighted by atomic mass is 19.3. The van der Waals surface area contributed by atoms with E-state index in [-0.39, 0.29) is 17.8 Å². The Labute approximate surface area is 88.1 Å². The number of aryl methyl sites for hydroxylation is 1. The van der Waals surface area contributed by atoms with Crippen LogP contribution in [-0.2, 0) is 17.1 Å². The summed E-state index contributed by atoms with van der Waals surface area (Å²) in [6, 6.07) is 4.68. The lowest BCUT2D eigenvalue weighted by atomic mass is 9.96. The molecule has 0 heterocycles. The third-order valence-electron chi connectivity index (χ3n) is 2.17. The van der Waals surface area contributed by atoms with E-state index in [1.165, 1.54) is 13.0 Å². The zero-order valence-corrected chi connectivity index (χ0v) is 9.10. The van der Waals surface area contributed by atoms with Crippen molar-refractivity contribution in [3.63, 3.8) is 0 Å². The van der Waals surface area contributed by atoms with Crippen LogP contribution in [0.2, 0.25) is 0 Å². The molecule has 0 unspecified atom stereocenters. The van der Waals surface area contributed by atoms with Crippen molar-refractivity contribution in [2.75, 3.05) is 0 Å². The number of halogens is 2. The van der Waals surface area contributed by atoms with Gasteiger partial charge in [0.25, 0.3) is 5.92 Å². The number of alkyl halides is 2. The fourth-order valence-corrected chi connectivity index (χ4v) is 1.57. The van der Waals surface area contributed by atoms with Gasteiger partial charge < -0.3 is 0 Å². The summed E-state index contributed by atoms with van der Waals surface area (Å²) in [5.74, 6) is -3.00. The Bertz CT molecular complexity index is 378. The Hall–Kier alpha value is -1.25. The molecule has 1 aromatic carbocycles. The van der Waals surface area contributed by atoms with Gasteiger partial charge in [-0.3, -0.25) is 4.79 Å². The fourth-order valence-electron chi connectivity index (χ4n) is 1.57. The topological polar surface area (TPSA) is 17.1 Å². The van der Waals surface area contributed by atoms with Gasteiger partial charge in [0.2, 0.25) is 0 Å². The van der Waals surface area contributed by atoms with E-state index < -0.39 is 5.92 Å². The minimum absolute atomic E-state index is 0.0525. The predicted molar refractivity (Wildman–Crippen MR) is 55.1 cm³/mol. The third kappa shape index (κ3) is 3.11. The van der Waals surface area contributed by atoms with Gasteiger partial charge in [-0.2, -0.15) is 0 Å². The van der Waals surface area contributed by atoms with Crippen LogP contribution in [0, 0.1) is 6.92 Å². The summed E-state index contributed by atoms with van der Waals surface area (Å²) in [6.07, 6.45) is 0.0699. The van der Waals surface area contributed by atoms with Gasteiger partial charge in [-0.25, -0.2) is 8.78 Å². The second-order valence-electron chi connectivity index (χ2n) is 3.93. The summed E-state index contributed by atoms with van der Waals surface area (Å²) in [6.45, 7) is 4.07. The first-order valence-electron chi connectivity index (χ1n) is 4.78. The van der Waals surface area contributed by atoms with E-state index in [1.54, 1.807) is 12.1 Å². The van der Waals surface area contributed by atoms with E-state index >= 15 is 0 Å². The number of hydrogen-bond acceptors (Lipinski definition) is 1. The number of rotatable bonds is 3. The molecule has 3 heteroatoms. The summed E-state index contributed by atoms with van der Waals surface area (Å²) in [4.78, 5) is 11.0. The second kappa shape index (κ2) is 4.09. The van der Waals surface area contributed by atoms with E-state index in [1.807, 2.05) is 6.92 Å². The number of Topliss-reactive ketones (excluding diaryl/α,β-unsaturated/α-hetero) is 1. The van der Waals surface area contributed by atoms with E-state index in [0.717, 1.165) is 12.5 Å². The summed E-state index contributed by atoms with van der Waals surface area (Å²) < 4.78 is 26.4. The van der Waals surface area contributed by atoms with Crippen molar-refractivity contribution in [1.29, 1.82) is 0 Å². The molecule has 0 aliphatic rings. The second-order valence-corrected chi connectivity index (χ2v) is 3.93. The molecule has 0 atom stereocenters. The average molecular weight is 212 g/mol. The molecule has 0 aliphatic carbocycles. The molecule has 0 saturated heterocycles. The van der Waals surface area contributed by atoms with Gasteiger partial charge in [0.1, 0.15) is 5.78 Å². The van der Waals surface area contributed by atoms with Gasteiger partial charge in [0, 0.05) is 18.9 Å². The lowest BCUT2D eigenvalue weighted by molar-refractivity contribution is -0.116. The molecule has 0 bridgehead atoms. The van der Waals surface area contributed by atoms with Crippen LogP contribution >= 0.6 is 0 Å². The Morgan fingerprint density at radius 1 is 1.40 bits per heavy atom. The maximum Gasteiger partial charge on any atom is 0.270 e. The van der Waals surface area contributed by atoms with Crippen LogP contribution < -0.4 is 0 Å². The van der Waals surface area contributed by atoms with Crippen LogP contribution in [0.3, 0.4) is 0 Å². The maximum atomic E-state index is 13.2. The van der Waals surface area contributed by atoms with Crippen LogP contribution in [0.1, 0.15) is 30.5 Å². The molecular formula is C12H14F2O. The van der Waals surface area contributed by atoms with Crippen molar-refractivity contribution in [3.05, 3.63) is 34.9 Å². The Balaban J connectivity index is 3.20. The van der Waals surface area contributed by atoms with E-state index in [4.69, 9.17) is 0 Å². The average Bonchev–Trinajstić information content (AvgIpc) is 1.99. The molecular weight excluding hydrogens is 198 g/mol. The zero-order chi connectivity index (χ0) is 11.6. The van der Waals surface area contributed by atoms with Gasteiger partial charge in [0.05, 0.1) is 0 Å². The first-order chi connectivity index (χ1) is 6.80. The van der Waals surface area contributed by atoms with Crippen LogP contribution in [0.15, 0.2) is 18.2 Å². The number of carbonyl (C=O) groups is 1. The standard InChI is InChI=1S/C12H14F2O/c1-8-4-5-11(12(3,13)14)10(6-8)7-9(2)15/h4-6H,7H2,1-3H3. The Kier molecular flexibility index (Phi) is 3.22. The number of ketones is 1. The summed E-state index contributed by atoms with van der Waals surface area (Å²) >= 11 is 0. The van der Waals surface area contributed by atoms with E-state index in [2.05, 4.69) is 0 Å². The highest BCUT2D eigenvalue weighted by molar-refractivity contribution is 5.78. The number of carbonyl (C=O) groups excluding carboxylic acids is 1. The molecule has 0 radical (unpaired) electrons. The summed E-state index contributed by atoms with van der Waals surface area (Å²) in [7, 11) is 0. The van der Waals surface area contributed by atoms with Crippen molar-refractivity contribution in [1.82, 2.24) is 0 Å². The summed E-state index contributed by atoms with van der Waals surface area (Å²) in [5.41, 5.74) is 1.26. The van der Waals surface area contributed by atoms with Crippen molar-refractivity contribution in [2.45, 2.75) is 33.1 Å².